The highest BCUT2D eigenvalue weighted by atomic mass is 32.2. The van der Waals surface area contributed by atoms with Crippen LogP contribution in [0.15, 0.2) is 15.9 Å². The molecule has 0 amide bonds. The van der Waals surface area contributed by atoms with Gasteiger partial charge in [-0.15, -0.1) is 0 Å². The zero-order valence-electron chi connectivity index (χ0n) is 8.32. The van der Waals surface area contributed by atoms with Gasteiger partial charge in [0.05, 0.1) is 11.3 Å². The van der Waals surface area contributed by atoms with Gasteiger partial charge in [-0.05, 0) is 19.8 Å². The molecule has 1 heterocycles. The highest BCUT2D eigenvalue weighted by Gasteiger charge is 2.31. The molecule has 0 atom stereocenters. The summed E-state index contributed by atoms with van der Waals surface area (Å²) in [6, 6.07) is 0. The molecule has 1 saturated carbocycles. The second-order valence-corrected chi connectivity index (χ2v) is 4.90. The summed E-state index contributed by atoms with van der Waals surface area (Å²) in [5, 5.41) is 10.7. The van der Waals surface area contributed by atoms with Crippen molar-refractivity contribution in [2.45, 2.75) is 43.4 Å². The third-order valence-electron chi connectivity index (χ3n) is 2.60. The maximum Gasteiger partial charge on any atom is 0.255 e. The number of thioether (sulfide) groups is 1. The van der Waals surface area contributed by atoms with Crippen LogP contribution in [0.25, 0.3) is 0 Å². The summed E-state index contributed by atoms with van der Waals surface area (Å²) in [5.41, 5.74) is 0.415. The summed E-state index contributed by atoms with van der Waals surface area (Å²) in [4.78, 5) is 4.19. The van der Waals surface area contributed by atoms with Gasteiger partial charge in [0.25, 0.3) is 5.22 Å². The molecule has 1 aromatic heterocycles. The maximum atomic E-state index is 10.1. The molecule has 1 aromatic rings. The predicted octanol–water partition coefficient (Wildman–Crippen LogP) is 2.38. The first-order chi connectivity index (χ1) is 6.68. The summed E-state index contributed by atoms with van der Waals surface area (Å²) in [6.07, 6.45) is 5.75. The van der Waals surface area contributed by atoms with Crippen molar-refractivity contribution in [1.29, 1.82) is 0 Å². The highest BCUT2D eigenvalue weighted by Crippen LogP contribution is 2.34. The fourth-order valence-electron chi connectivity index (χ4n) is 1.77. The Balaban J connectivity index is 1.87. The van der Waals surface area contributed by atoms with E-state index in [1.807, 2.05) is 6.92 Å². The molecule has 0 bridgehead atoms. The first-order valence-electron chi connectivity index (χ1n) is 4.95. The Labute approximate surface area is 87.9 Å². The Bertz CT molecular complexity index is 305. The van der Waals surface area contributed by atoms with Gasteiger partial charge in [-0.1, -0.05) is 24.6 Å². The summed E-state index contributed by atoms with van der Waals surface area (Å²) in [7, 11) is 0. The molecule has 1 aliphatic carbocycles. The number of oxazole rings is 1. The topological polar surface area (TPSA) is 46.3 Å². The van der Waals surface area contributed by atoms with Crippen LogP contribution in [-0.2, 0) is 0 Å². The molecule has 0 unspecified atom stereocenters. The summed E-state index contributed by atoms with van der Waals surface area (Å²) < 4.78 is 5.21. The molecule has 2 rings (SSSR count). The van der Waals surface area contributed by atoms with Crippen LogP contribution in [0.1, 0.15) is 31.4 Å². The van der Waals surface area contributed by atoms with E-state index in [9.17, 15) is 5.11 Å². The van der Waals surface area contributed by atoms with E-state index in [-0.39, 0.29) is 0 Å². The third kappa shape index (κ3) is 2.30. The summed E-state index contributed by atoms with van der Waals surface area (Å²) >= 11 is 1.51. The zero-order valence-corrected chi connectivity index (χ0v) is 9.14. The van der Waals surface area contributed by atoms with Gasteiger partial charge in [0.2, 0.25) is 0 Å². The van der Waals surface area contributed by atoms with E-state index in [0.717, 1.165) is 31.4 Å². The second-order valence-electron chi connectivity index (χ2n) is 3.97. The Morgan fingerprint density at radius 2 is 2.29 bits per heavy atom. The molecular weight excluding hydrogens is 198 g/mol. The Morgan fingerprint density at radius 3 is 2.86 bits per heavy atom. The van der Waals surface area contributed by atoms with E-state index >= 15 is 0 Å². The lowest BCUT2D eigenvalue weighted by Crippen LogP contribution is -2.27. The maximum absolute atomic E-state index is 10.1. The van der Waals surface area contributed by atoms with Crippen molar-refractivity contribution in [3.8, 4) is 0 Å². The van der Waals surface area contributed by atoms with Gasteiger partial charge < -0.3 is 9.52 Å². The van der Waals surface area contributed by atoms with Crippen LogP contribution >= 0.6 is 11.8 Å². The molecule has 78 valence electrons. The van der Waals surface area contributed by atoms with Gasteiger partial charge in [-0.25, -0.2) is 4.98 Å². The molecule has 0 spiro atoms. The summed E-state index contributed by atoms with van der Waals surface area (Å²) in [6.45, 7) is 1.90. The minimum absolute atomic E-state index is 0.479. The van der Waals surface area contributed by atoms with E-state index in [2.05, 4.69) is 4.98 Å². The zero-order chi connectivity index (χ0) is 10.0. The Kier molecular flexibility index (Phi) is 2.83. The quantitative estimate of drug-likeness (QED) is 0.783. The van der Waals surface area contributed by atoms with Crippen LogP contribution in [0.5, 0.6) is 0 Å². The van der Waals surface area contributed by atoms with Crippen LogP contribution in [-0.4, -0.2) is 21.4 Å². The van der Waals surface area contributed by atoms with Crippen LogP contribution < -0.4 is 0 Å². The number of aryl methyl sites for hydroxylation is 1. The molecule has 0 aliphatic heterocycles. The van der Waals surface area contributed by atoms with Gasteiger partial charge in [0.15, 0.2) is 0 Å². The van der Waals surface area contributed by atoms with Gasteiger partial charge in [0, 0.05) is 5.75 Å². The molecular formula is C10H15NO2S. The average Bonchev–Trinajstić information content (AvgIpc) is 2.73. The lowest BCUT2D eigenvalue weighted by atomic mass is 10.1. The molecule has 0 saturated heterocycles. The molecule has 3 nitrogen and oxygen atoms in total. The number of aromatic nitrogens is 1. The van der Waals surface area contributed by atoms with E-state index in [4.69, 9.17) is 4.42 Å². The predicted molar refractivity (Wildman–Crippen MR) is 55.4 cm³/mol. The van der Waals surface area contributed by atoms with E-state index in [1.165, 1.54) is 11.8 Å². The molecule has 4 heteroatoms. The minimum Gasteiger partial charge on any atom is -0.440 e. The van der Waals surface area contributed by atoms with Crippen molar-refractivity contribution < 1.29 is 9.52 Å². The number of rotatable bonds is 3. The molecule has 1 N–H and O–H groups in total. The monoisotopic (exact) mass is 213 g/mol. The van der Waals surface area contributed by atoms with Crippen LogP contribution in [0, 0.1) is 6.92 Å². The molecule has 14 heavy (non-hydrogen) atoms. The number of hydrogen-bond acceptors (Lipinski definition) is 4. The number of hydrogen-bond donors (Lipinski definition) is 1. The Morgan fingerprint density at radius 1 is 1.57 bits per heavy atom. The minimum atomic E-state index is -0.479. The SMILES string of the molecule is Cc1coc(SCC2(O)CCCC2)n1. The third-order valence-corrected chi connectivity index (χ3v) is 3.71. The highest BCUT2D eigenvalue weighted by molar-refractivity contribution is 7.99. The van der Waals surface area contributed by atoms with Gasteiger partial charge in [-0.2, -0.15) is 0 Å². The van der Waals surface area contributed by atoms with Crippen LogP contribution in [0.3, 0.4) is 0 Å². The fourth-order valence-corrected chi connectivity index (χ4v) is 2.78. The van der Waals surface area contributed by atoms with E-state index in [1.54, 1.807) is 6.26 Å². The van der Waals surface area contributed by atoms with Crippen molar-refractivity contribution in [1.82, 2.24) is 4.98 Å². The van der Waals surface area contributed by atoms with Crippen molar-refractivity contribution >= 4 is 11.8 Å². The van der Waals surface area contributed by atoms with Gasteiger partial charge >= 0.3 is 0 Å². The molecule has 1 aliphatic rings. The second kappa shape index (κ2) is 3.95. The molecule has 0 aromatic carbocycles. The van der Waals surface area contributed by atoms with Gasteiger partial charge in [0.1, 0.15) is 6.26 Å². The lowest BCUT2D eigenvalue weighted by molar-refractivity contribution is 0.0730. The van der Waals surface area contributed by atoms with Crippen LogP contribution in [0.4, 0.5) is 0 Å². The smallest absolute Gasteiger partial charge is 0.255 e. The summed E-state index contributed by atoms with van der Waals surface area (Å²) in [5.74, 6) is 0.701. The van der Waals surface area contributed by atoms with Crippen molar-refractivity contribution in [2.24, 2.45) is 0 Å². The largest absolute Gasteiger partial charge is 0.440 e. The number of aliphatic hydroxyl groups is 1. The van der Waals surface area contributed by atoms with Crippen LogP contribution in [0.2, 0.25) is 0 Å². The normalized spacial score (nSPS) is 20.1. The standard InChI is InChI=1S/C10H15NO2S/c1-8-6-13-9(11-8)14-7-10(12)4-2-3-5-10/h6,12H,2-5,7H2,1H3. The van der Waals surface area contributed by atoms with Crippen molar-refractivity contribution in [2.75, 3.05) is 5.75 Å². The fraction of sp³-hybridized carbons (Fsp3) is 0.700. The van der Waals surface area contributed by atoms with Gasteiger partial charge in [-0.3, -0.25) is 0 Å². The number of nitrogens with zero attached hydrogens (tertiary/aromatic N) is 1. The van der Waals surface area contributed by atoms with Crippen molar-refractivity contribution in [3.63, 3.8) is 0 Å². The van der Waals surface area contributed by atoms with E-state index in [0.29, 0.717) is 11.0 Å². The molecule has 0 radical (unpaired) electrons. The van der Waals surface area contributed by atoms with E-state index < -0.39 is 5.60 Å². The Hall–Kier alpha value is -0.480. The van der Waals surface area contributed by atoms with Crippen molar-refractivity contribution in [3.05, 3.63) is 12.0 Å². The first kappa shape index (κ1) is 10.1. The molecule has 1 fully saturated rings. The first-order valence-corrected chi connectivity index (χ1v) is 5.94. The lowest BCUT2D eigenvalue weighted by Gasteiger charge is -2.19. The average molecular weight is 213 g/mol.